The highest BCUT2D eigenvalue weighted by atomic mass is 32.2. The van der Waals surface area contributed by atoms with Crippen molar-refractivity contribution in [3.63, 3.8) is 0 Å². The van der Waals surface area contributed by atoms with E-state index in [2.05, 4.69) is 32.5 Å². The van der Waals surface area contributed by atoms with Crippen LogP contribution in [0.4, 0.5) is 0 Å². The van der Waals surface area contributed by atoms with Gasteiger partial charge in [0.05, 0.1) is 0 Å². The summed E-state index contributed by atoms with van der Waals surface area (Å²) in [4.78, 5) is 0. The third-order valence-electron chi connectivity index (χ3n) is 2.26. The maximum absolute atomic E-state index is 3.29. The van der Waals surface area contributed by atoms with E-state index in [0.29, 0.717) is 0 Å². The standard InChI is InChI=1S/C11H25NS/c1-10(2)8-11(9-12-3)6-5-7-13-4/h10-12H,5-9H2,1-4H3. The van der Waals surface area contributed by atoms with Gasteiger partial charge < -0.3 is 5.32 Å². The van der Waals surface area contributed by atoms with Crippen LogP contribution in [0.1, 0.15) is 33.1 Å². The maximum Gasteiger partial charge on any atom is -0.00234 e. The van der Waals surface area contributed by atoms with Crippen molar-refractivity contribution in [1.29, 1.82) is 0 Å². The van der Waals surface area contributed by atoms with E-state index in [4.69, 9.17) is 0 Å². The minimum Gasteiger partial charge on any atom is -0.319 e. The van der Waals surface area contributed by atoms with E-state index in [9.17, 15) is 0 Å². The predicted molar refractivity (Wildman–Crippen MR) is 64.5 cm³/mol. The Kier molecular flexibility index (Phi) is 9.10. The average Bonchev–Trinajstić information content (AvgIpc) is 2.04. The first-order valence-electron chi connectivity index (χ1n) is 5.34. The normalized spacial score (nSPS) is 13.6. The van der Waals surface area contributed by atoms with E-state index in [1.165, 1.54) is 31.6 Å². The van der Waals surface area contributed by atoms with Gasteiger partial charge in [-0.3, -0.25) is 0 Å². The topological polar surface area (TPSA) is 12.0 Å². The second-order valence-electron chi connectivity index (χ2n) is 4.19. The smallest absolute Gasteiger partial charge is 0.00234 e. The fraction of sp³-hybridized carbons (Fsp3) is 1.00. The summed E-state index contributed by atoms with van der Waals surface area (Å²) in [5.74, 6) is 3.04. The van der Waals surface area contributed by atoms with E-state index < -0.39 is 0 Å². The summed E-state index contributed by atoms with van der Waals surface area (Å²) in [6.45, 7) is 5.82. The fourth-order valence-electron chi connectivity index (χ4n) is 1.77. The molecule has 13 heavy (non-hydrogen) atoms. The highest BCUT2D eigenvalue weighted by Gasteiger charge is 2.09. The van der Waals surface area contributed by atoms with Gasteiger partial charge in [-0.1, -0.05) is 13.8 Å². The number of hydrogen-bond acceptors (Lipinski definition) is 2. The molecule has 1 nitrogen and oxygen atoms in total. The summed E-state index contributed by atoms with van der Waals surface area (Å²) in [6.07, 6.45) is 6.32. The fourth-order valence-corrected chi connectivity index (χ4v) is 2.23. The van der Waals surface area contributed by atoms with Crippen molar-refractivity contribution >= 4 is 11.8 Å². The van der Waals surface area contributed by atoms with E-state index in [-0.39, 0.29) is 0 Å². The van der Waals surface area contributed by atoms with Crippen LogP contribution in [0, 0.1) is 11.8 Å². The minimum absolute atomic E-state index is 0.840. The monoisotopic (exact) mass is 203 g/mol. The zero-order valence-electron chi connectivity index (χ0n) is 9.60. The van der Waals surface area contributed by atoms with Crippen molar-refractivity contribution in [2.45, 2.75) is 33.1 Å². The molecule has 0 saturated heterocycles. The molecule has 1 atom stereocenters. The van der Waals surface area contributed by atoms with Crippen LogP contribution >= 0.6 is 11.8 Å². The van der Waals surface area contributed by atoms with Crippen molar-refractivity contribution in [3.05, 3.63) is 0 Å². The van der Waals surface area contributed by atoms with Gasteiger partial charge in [0.2, 0.25) is 0 Å². The van der Waals surface area contributed by atoms with Crippen molar-refractivity contribution in [3.8, 4) is 0 Å². The SMILES string of the molecule is CNCC(CCCSC)CC(C)C. The van der Waals surface area contributed by atoms with Gasteiger partial charge in [-0.2, -0.15) is 11.8 Å². The van der Waals surface area contributed by atoms with E-state index in [1.807, 2.05) is 11.8 Å². The molecule has 0 aromatic heterocycles. The lowest BCUT2D eigenvalue weighted by Gasteiger charge is -2.18. The van der Waals surface area contributed by atoms with Crippen LogP contribution in [0.2, 0.25) is 0 Å². The van der Waals surface area contributed by atoms with Gasteiger partial charge in [-0.05, 0) is 56.7 Å². The lowest BCUT2D eigenvalue weighted by atomic mass is 9.93. The molecule has 0 aromatic rings. The van der Waals surface area contributed by atoms with Gasteiger partial charge in [0.15, 0.2) is 0 Å². The summed E-state index contributed by atoms with van der Waals surface area (Å²) in [5, 5.41) is 3.29. The predicted octanol–water partition coefficient (Wildman–Crippen LogP) is 3.01. The van der Waals surface area contributed by atoms with Crippen LogP contribution in [-0.4, -0.2) is 25.6 Å². The summed E-state index contributed by atoms with van der Waals surface area (Å²) in [6, 6.07) is 0. The third-order valence-corrected chi connectivity index (χ3v) is 2.96. The molecule has 0 spiro atoms. The summed E-state index contributed by atoms with van der Waals surface area (Å²) >= 11 is 1.96. The maximum atomic E-state index is 3.29. The molecule has 0 bridgehead atoms. The van der Waals surface area contributed by atoms with Crippen LogP contribution in [0.5, 0.6) is 0 Å². The summed E-state index contributed by atoms with van der Waals surface area (Å²) in [7, 11) is 2.06. The highest BCUT2D eigenvalue weighted by Crippen LogP contribution is 2.17. The van der Waals surface area contributed by atoms with E-state index >= 15 is 0 Å². The number of nitrogens with one attached hydrogen (secondary N) is 1. The molecule has 0 aliphatic rings. The first-order valence-corrected chi connectivity index (χ1v) is 6.73. The zero-order chi connectivity index (χ0) is 10.1. The molecule has 0 rings (SSSR count). The molecule has 0 aliphatic carbocycles. The summed E-state index contributed by atoms with van der Waals surface area (Å²) < 4.78 is 0. The molecular formula is C11H25NS. The molecule has 0 aliphatic heterocycles. The van der Waals surface area contributed by atoms with Gasteiger partial charge in [0, 0.05) is 0 Å². The Morgan fingerprint density at radius 2 is 2.00 bits per heavy atom. The van der Waals surface area contributed by atoms with Crippen LogP contribution in [0.25, 0.3) is 0 Å². The van der Waals surface area contributed by atoms with Gasteiger partial charge in [0.1, 0.15) is 0 Å². The molecule has 2 heteroatoms. The van der Waals surface area contributed by atoms with Gasteiger partial charge in [-0.25, -0.2) is 0 Å². The van der Waals surface area contributed by atoms with Crippen molar-refractivity contribution in [2.75, 3.05) is 25.6 Å². The Labute approximate surface area is 88.1 Å². The molecule has 0 heterocycles. The zero-order valence-corrected chi connectivity index (χ0v) is 10.4. The van der Waals surface area contributed by atoms with Crippen molar-refractivity contribution in [1.82, 2.24) is 5.32 Å². The van der Waals surface area contributed by atoms with Crippen LogP contribution in [0.15, 0.2) is 0 Å². The molecule has 0 amide bonds. The number of hydrogen-bond donors (Lipinski definition) is 1. The molecule has 1 N–H and O–H groups in total. The number of rotatable bonds is 8. The lowest BCUT2D eigenvalue weighted by molar-refractivity contribution is 0.373. The molecule has 0 aromatic carbocycles. The van der Waals surface area contributed by atoms with E-state index in [0.717, 1.165) is 11.8 Å². The molecule has 80 valence electrons. The first-order chi connectivity index (χ1) is 6.20. The van der Waals surface area contributed by atoms with Crippen LogP contribution in [-0.2, 0) is 0 Å². The molecule has 0 radical (unpaired) electrons. The second kappa shape index (κ2) is 8.89. The van der Waals surface area contributed by atoms with Gasteiger partial charge >= 0.3 is 0 Å². The van der Waals surface area contributed by atoms with Crippen molar-refractivity contribution in [2.24, 2.45) is 11.8 Å². The Bertz CT molecular complexity index is 104. The van der Waals surface area contributed by atoms with E-state index in [1.54, 1.807) is 0 Å². The molecule has 0 saturated carbocycles. The molecule has 1 unspecified atom stereocenters. The first kappa shape index (κ1) is 13.3. The third kappa shape index (κ3) is 8.63. The Morgan fingerprint density at radius 3 is 2.46 bits per heavy atom. The number of thioether (sulfide) groups is 1. The Hall–Kier alpha value is 0.310. The molecular weight excluding hydrogens is 178 g/mol. The second-order valence-corrected chi connectivity index (χ2v) is 5.17. The largest absolute Gasteiger partial charge is 0.319 e. The summed E-state index contributed by atoms with van der Waals surface area (Å²) in [5.41, 5.74) is 0. The van der Waals surface area contributed by atoms with Crippen LogP contribution in [0.3, 0.4) is 0 Å². The van der Waals surface area contributed by atoms with Gasteiger partial charge in [-0.15, -0.1) is 0 Å². The highest BCUT2D eigenvalue weighted by molar-refractivity contribution is 7.98. The Morgan fingerprint density at radius 1 is 1.31 bits per heavy atom. The lowest BCUT2D eigenvalue weighted by Crippen LogP contribution is -2.20. The quantitative estimate of drug-likeness (QED) is 0.609. The molecule has 0 fully saturated rings. The van der Waals surface area contributed by atoms with Crippen LogP contribution < -0.4 is 5.32 Å². The average molecular weight is 203 g/mol. The Balaban J connectivity index is 3.53. The minimum atomic E-state index is 0.840. The van der Waals surface area contributed by atoms with Gasteiger partial charge in [0.25, 0.3) is 0 Å². The van der Waals surface area contributed by atoms with Crippen molar-refractivity contribution < 1.29 is 0 Å².